The van der Waals surface area contributed by atoms with Crippen molar-refractivity contribution in [2.45, 2.75) is 167 Å². The summed E-state index contributed by atoms with van der Waals surface area (Å²) < 4.78 is 5.80. The van der Waals surface area contributed by atoms with Crippen molar-refractivity contribution in [3.63, 3.8) is 0 Å². The van der Waals surface area contributed by atoms with Crippen LogP contribution in [0.1, 0.15) is 155 Å². The predicted octanol–water partition coefficient (Wildman–Crippen LogP) is 7.60. The highest BCUT2D eigenvalue weighted by atomic mass is 16.5. The van der Waals surface area contributed by atoms with E-state index >= 15 is 0 Å². The Bertz CT molecular complexity index is 638. The molecule has 7 heteroatoms. The molecule has 2 atom stereocenters. The number of nitrogens with two attached hydrogens (primary N) is 1. The molecular formula is C32H60N2O5. The van der Waals surface area contributed by atoms with Gasteiger partial charge in [0.1, 0.15) is 12.1 Å². The van der Waals surface area contributed by atoms with Crippen LogP contribution >= 0.6 is 0 Å². The number of aliphatic carboxylic acids is 1. The number of nitrogens with one attached hydrogen (secondary N) is 1. The molecule has 0 heterocycles. The third-order valence-electron chi connectivity index (χ3n) is 7.07. The highest BCUT2D eigenvalue weighted by molar-refractivity contribution is 5.83. The smallest absolute Gasteiger partial charge is 0.326 e. The molecule has 0 radical (unpaired) electrons. The van der Waals surface area contributed by atoms with Crippen LogP contribution in [-0.2, 0) is 19.1 Å². The summed E-state index contributed by atoms with van der Waals surface area (Å²) in [5.74, 6) is -1.34. The van der Waals surface area contributed by atoms with E-state index in [-0.39, 0.29) is 18.0 Å². The molecule has 0 aliphatic heterocycles. The number of hydrogen-bond acceptors (Lipinski definition) is 5. The van der Waals surface area contributed by atoms with Crippen LogP contribution in [0, 0.1) is 0 Å². The summed E-state index contributed by atoms with van der Waals surface area (Å²) in [4.78, 5) is 35.8. The molecule has 0 fully saturated rings. The minimum atomic E-state index is -1.02. The lowest BCUT2D eigenvalue weighted by atomic mass is 10.1. The Morgan fingerprint density at radius 2 is 1.31 bits per heavy atom. The normalized spacial score (nSPS) is 12.9. The number of carbonyl (C=O) groups is 3. The van der Waals surface area contributed by atoms with E-state index in [1.54, 1.807) is 0 Å². The Morgan fingerprint density at radius 3 is 1.90 bits per heavy atom. The van der Waals surface area contributed by atoms with Gasteiger partial charge in [-0.25, -0.2) is 4.79 Å². The fourth-order valence-electron chi connectivity index (χ4n) is 4.58. The van der Waals surface area contributed by atoms with Crippen molar-refractivity contribution < 1.29 is 24.2 Å². The van der Waals surface area contributed by atoms with Gasteiger partial charge < -0.3 is 20.9 Å². The van der Waals surface area contributed by atoms with Gasteiger partial charge in [-0.3, -0.25) is 9.59 Å². The molecule has 0 aromatic carbocycles. The Morgan fingerprint density at radius 1 is 0.744 bits per heavy atom. The molecule has 7 nitrogen and oxygen atoms in total. The molecule has 0 aliphatic carbocycles. The molecule has 0 rings (SSSR count). The summed E-state index contributed by atoms with van der Waals surface area (Å²) in [6, 6.07) is -0.865. The SMILES string of the molecule is CCCC/C=C\C(CCCCCCC(=O)NC(CCCN)C(=O)O)OC(=O)CCCCCCCCCCCC. The molecule has 0 bridgehead atoms. The van der Waals surface area contributed by atoms with Crippen LogP contribution in [0.2, 0.25) is 0 Å². The van der Waals surface area contributed by atoms with E-state index in [0.29, 0.717) is 38.6 Å². The number of hydrogen-bond donors (Lipinski definition) is 3. The van der Waals surface area contributed by atoms with E-state index < -0.39 is 12.0 Å². The second kappa shape index (κ2) is 27.7. The van der Waals surface area contributed by atoms with Crippen LogP contribution in [0.25, 0.3) is 0 Å². The summed E-state index contributed by atoms with van der Waals surface area (Å²) in [5.41, 5.74) is 5.44. The van der Waals surface area contributed by atoms with E-state index in [2.05, 4.69) is 25.2 Å². The van der Waals surface area contributed by atoms with Gasteiger partial charge in [-0.1, -0.05) is 103 Å². The maximum absolute atomic E-state index is 12.4. The van der Waals surface area contributed by atoms with E-state index in [4.69, 9.17) is 10.5 Å². The second-order valence-electron chi connectivity index (χ2n) is 10.9. The summed E-state index contributed by atoms with van der Waals surface area (Å²) in [5, 5.41) is 11.8. The van der Waals surface area contributed by atoms with Gasteiger partial charge in [0.05, 0.1) is 0 Å². The van der Waals surface area contributed by atoms with E-state index in [9.17, 15) is 19.5 Å². The van der Waals surface area contributed by atoms with Gasteiger partial charge in [0.25, 0.3) is 0 Å². The van der Waals surface area contributed by atoms with Gasteiger partial charge in [-0.15, -0.1) is 0 Å². The monoisotopic (exact) mass is 552 g/mol. The van der Waals surface area contributed by atoms with Crippen molar-refractivity contribution in [2.75, 3.05) is 6.54 Å². The van der Waals surface area contributed by atoms with Crippen molar-refractivity contribution in [3.05, 3.63) is 12.2 Å². The van der Waals surface area contributed by atoms with Crippen LogP contribution in [0.4, 0.5) is 0 Å². The molecule has 39 heavy (non-hydrogen) atoms. The standard InChI is InChI=1S/C32H60N2O5/c1-3-5-7-9-10-11-12-13-14-20-26-31(36)39-28(22-17-8-6-4-2)23-18-15-16-19-25-30(35)34-29(32(37)38)24-21-27-33/h17,22,28-29H,3-16,18-21,23-27,33H2,1-2H3,(H,34,35)(H,37,38)/b22-17-. The number of esters is 1. The number of ether oxygens (including phenoxy) is 1. The molecule has 0 aromatic rings. The van der Waals surface area contributed by atoms with Crippen LogP contribution in [0.3, 0.4) is 0 Å². The number of unbranched alkanes of at least 4 members (excludes halogenated alkanes) is 14. The zero-order valence-electron chi connectivity index (χ0n) is 25.2. The molecule has 228 valence electrons. The largest absolute Gasteiger partial charge is 0.480 e. The molecule has 1 amide bonds. The molecule has 0 spiro atoms. The average Bonchev–Trinajstić information content (AvgIpc) is 2.91. The third kappa shape index (κ3) is 24.9. The highest BCUT2D eigenvalue weighted by Crippen LogP contribution is 2.15. The van der Waals surface area contributed by atoms with E-state index in [1.165, 1.54) is 51.4 Å². The van der Waals surface area contributed by atoms with Gasteiger partial charge in [0.2, 0.25) is 5.91 Å². The lowest BCUT2D eigenvalue weighted by molar-refractivity contribution is -0.147. The van der Waals surface area contributed by atoms with Crippen molar-refractivity contribution in [2.24, 2.45) is 5.73 Å². The van der Waals surface area contributed by atoms with Gasteiger partial charge in [-0.05, 0) is 57.6 Å². The van der Waals surface area contributed by atoms with Crippen molar-refractivity contribution >= 4 is 17.8 Å². The number of carboxylic acids is 1. The third-order valence-corrected chi connectivity index (χ3v) is 7.07. The fourth-order valence-corrected chi connectivity index (χ4v) is 4.58. The van der Waals surface area contributed by atoms with Gasteiger partial charge in [0.15, 0.2) is 0 Å². The van der Waals surface area contributed by atoms with Crippen LogP contribution in [-0.4, -0.2) is 41.6 Å². The molecule has 0 aliphatic rings. The molecule has 0 aromatic heterocycles. The van der Waals surface area contributed by atoms with Gasteiger partial charge >= 0.3 is 11.9 Å². The zero-order chi connectivity index (χ0) is 29.0. The average molecular weight is 553 g/mol. The Hall–Kier alpha value is -1.89. The zero-order valence-corrected chi connectivity index (χ0v) is 25.2. The molecule has 4 N–H and O–H groups in total. The number of amides is 1. The Labute approximate surface area is 239 Å². The van der Waals surface area contributed by atoms with Crippen LogP contribution in [0.5, 0.6) is 0 Å². The molecular weight excluding hydrogens is 492 g/mol. The summed E-state index contributed by atoms with van der Waals surface area (Å²) in [7, 11) is 0. The summed E-state index contributed by atoms with van der Waals surface area (Å²) >= 11 is 0. The first-order valence-corrected chi connectivity index (χ1v) is 16.0. The quantitative estimate of drug-likeness (QED) is 0.0522. The maximum atomic E-state index is 12.4. The Balaban J connectivity index is 4.17. The minimum Gasteiger partial charge on any atom is -0.480 e. The summed E-state index contributed by atoms with van der Waals surface area (Å²) in [6.45, 7) is 4.82. The second-order valence-corrected chi connectivity index (χ2v) is 10.9. The number of carbonyl (C=O) groups excluding carboxylic acids is 2. The van der Waals surface area contributed by atoms with Crippen molar-refractivity contribution in [1.82, 2.24) is 5.32 Å². The first kappa shape index (κ1) is 37.1. The maximum Gasteiger partial charge on any atom is 0.326 e. The lowest BCUT2D eigenvalue weighted by Gasteiger charge is -2.15. The van der Waals surface area contributed by atoms with Crippen LogP contribution < -0.4 is 11.1 Å². The first-order chi connectivity index (χ1) is 18.9. The number of allylic oxidation sites excluding steroid dienone is 1. The molecule has 0 saturated carbocycles. The van der Waals surface area contributed by atoms with Crippen molar-refractivity contribution in [3.8, 4) is 0 Å². The Kier molecular flexibility index (Phi) is 26.3. The van der Waals surface area contributed by atoms with E-state index in [1.807, 2.05) is 6.08 Å². The summed E-state index contributed by atoms with van der Waals surface area (Å²) in [6.07, 6.45) is 25.7. The van der Waals surface area contributed by atoms with Crippen LogP contribution in [0.15, 0.2) is 12.2 Å². The number of rotatable bonds is 28. The fraction of sp³-hybridized carbons (Fsp3) is 0.844. The number of carboxylic acid groups (broad SMARTS) is 1. The highest BCUT2D eigenvalue weighted by Gasteiger charge is 2.18. The first-order valence-electron chi connectivity index (χ1n) is 16.0. The minimum absolute atomic E-state index is 0.0981. The topological polar surface area (TPSA) is 119 Å². The van der Waals surface area contributed by atoms with Crippen molar-refractivity contribution in [1.29, 1.82) is 0 Å². The van der Waals surface area contributed by atoms with Gasteiger partial charge in [0, 0.05) is 12.8 Å². The lowest BCUT2D eigenvalue weighted by Crippen LogP contribution is -2.40. The van der Waals surface area contributed by atoms with E-state index in [0.717, 1.165) is 57.8 Å². The van der Waals surface area contributed by atoms with Gasteiger partial charge in [-0.2, -0.15) is 0 Å². The predicted molar refractivity (Wildman–Crippen MR) is 161 cm³/mol. The molecule has 2 unspecified atom stereocenters. The molecule has 0 saturated heterocycles.